The zero-order chi connectivity index (χ0) is 68.2. The Morgan fingerprint density at radius 2 is 0.455 bits per heavy atom. The Morgan fingerprint density at radius 3 is 0.723 bits per heavy atom. The molecule has 0 fully saturated rings. The lowest BCUT2D eigenvalue weighted by molar-refractivity contribution is 0.590. The van der Waals surface area contributed by atoms with Crippen LogP contribution in [0.2, 0.25) is 0 Å². The summed E-state index contributed by atoms with van der Waals surface area (Å²) in [7, 11) is 0. The van der Waals surface area contributed by atoms with Gasteiger partial charge in [-0.2, -0.15) is 0 Å². The smallest absolute Gasteiger partial charge is 0.0346 e. The Hall–Kier alpha value is -12.9. The van der Waals surface area contributed by atoms with E-state index in [0.29, 0.717) is 0 Å². The van der Waals surface area contributed by atoms with E-state index in [0.717, 1.165) is 33.4 Å². The molecule has 0 unspecified atom stereocenters. The number of hydrogen-bond donors (Lipinski definition) is 0. The summed E-state index contributed by atoms with van der Waals surface area (Å²) in [5.41, 5.74) is 24.1. The van der Waals surface area contributed by atoms with E-state index in [1.54, 1.807) is 0 Å². The maximum absolute atomic E-state index is 4.32. The highest BCUT2D eigenvalue weighted by molar-refractivity contribution is 6.17. The first-order valence-electron chi connectivity index (χ1n) is 34.3. The van der Waals surface area contributed by atoms with Gasteiger partial charge >= 0.3 is 0 Å². The van der Waals surface area contributed by atoms with E-state index >= 15 is 0 Å². The zero-order valence-electron chi connectivity index (χ0n) is 56.7. The van der Waals surface area contributed by atoms with E-state index in [2.05, 4.69) is 300 Å². The molecule has 18 rings (SSSR count). The van der Waals surface area contributed by atoms with Crippen molar-refractivity contribution < 1.29 is 0 Å². The van der Waals surface area contributed by atoms with E-state index in [1.165, 1.54) is 143 Å². The minimum Gasteiger partial charge on any atom is -0.264 e. The zero-order valence-corrected chi connectivity index (χ0v) is 56.7. The Balaban J connectivity index is 0.000000118. The Morgan fingerprint density at radius 1 is 0.208 bits per heavy atom. The van der Waals surface area contributed by atoms with Crippen molar-refractivity contribution in [3.63, 3.8) is 0 Å². The molecule has 0 aliphatic heterocycles. The van der Waals surface area contributed by atoms with Crippen molar-refractivity contribution in [3.8, 4) is 100 Å². The number of aryl methyl sites for hydroxylation is 1. The van der Waals surface area contributed by atoms with Gasteiger partial charge in [-0.1, -0.05) is 209 Å². The van der Waals surface area contributed by atoms with Crippen LogP contribution in [-0.2, 0) is 5.41 Å². The summed E-state index contributed by atoms with van der Waals surface area (Å²) in [6.45, 7) is 8.97. The number of pyridine rings is 6. The topological polar surface area (TPSA) is 77.3 Å². The standard InChI is InChI=1S/C34H28N2.C31H22N2.C30H20N2/c1-34(2,3)30-12-8-23(9-13-30)33-31-14-10-24(26-6-4-16-35-21-26)18-28(31)20-29-19-25(11-15-32(29)33)27-7-5-17-36-22-27;1-21-6-2-3-9-28(21)31-29-12-10-22(24-7-4-14-32-19-24)16-26(29)18-27-17-23(11-13-30(27)31)25-8-5-15-33-20-25;1-2-6-21(7-3-1)30-28-12-10-22(24-8-4-14-31-19-24)16-26(28)18-27-17-23(11-13-29(27)30)25-9-5-15-32-20-25/h4-22H,1-3H3;2-20H,1H3;1-20H. The first kappa shape index (κ1) is 62.9. The molecule has 480 valence electrons. The van der Waals surface area contributed by atoms with Crippen molar-refractivity contribution in [2.45, 2.75) is 33.1 Å². The highest BCUT2D eigenvalue weighted by Crippen LogP contribution is 2.44. The molecule has 0 saturated carbocycles. The first-order chi connectivity index (χ1) is 49.6. The molecule has 18 aromatic rings. The van der Waals surface area contributed by atoms with Gasteiger partial charge in [-0.25, -0.2) is 0 Å². The molecule has 0 amide bonds. The fraction of sp³-hybridized carbons (Fsp3) is 0.0526. The molecule has 0 radical (unpaired) electrons. The second kappa shape index (κ2) is 27.5. The lowest BCUT2D eigenvalue weighted by atomic mass is 9.85. The number of nitrogens with zero attached hydrogens (tertiary/aromatic N) is 6. The molecular weight excluding hydrogens is 1230 g/mol. The predicted molar refractivity (Wildman–Crippen MR) is 423 cm³/mol. The van der Waals surface area contributed by atoms with Gasteiger partial charge in [-0.15, -0.1) is 0 Å². The van der Waals surface area contributed by atoms with Crippen molar-refractivity contribution in [1.82, 2.24) is 29.9 Å². The third-order valence-electron chi connectivity index (χ3n) is 19.3. The summed E-state index contributed by atoms with van der Waals surface area (Å²) in [5, 5.41) is 14.9. The summed E-state index contributed by atoms with van der Waals surface area (Å²) < 4.78 is 0. The fourth-order valence-electron chi connectivity index (χ4n) is 14.2. The van der Waals surface area contributed by atoms with Gasteiger partial charge in [0.25, 0.3) is 0 Å². The molecule has 0 bridgehead atoms. The highest BCUT2D eigenvalue weighted by Gasteiger charge is 2.19. The van der Waals surface area contributed by atoms with Crippen molar-refractivity contribution in [2.24, 2.45) is 0 Å². The lowest BCUT2D eigenvalue weighted by Crippen LogP contribution is -2.10. The van der Waals surface area contributed by atoms with Gasteiger partial charge in [-0.3, -0.25) is 29.9 Å². The number of hydrogen-bond acceptors (Lipinski definition) is 6. The van der Waals surface area contributed by atoms with Crippen LogP contribution >= 0.6 is 0 Å². The number of aromatic nitrogens is 6. The van der Waals surface area contributed by atoms with Crippen molar-refractivity contribution in [3.05, 3.63) is 365 Å². The van der Waals surface area contributed by atoms with Crippen molar-refractivity contribution in [2.75, 3.05) is 0 Å². The molecule has 0 N–H and O–H groups in total. The summed E-state index contributed by atoms with van der Waals surface area (Å²) in [4.78, 5) is 25.9. The molecule has 6 aromatic heterocycles. The van der Waals surface area contributed by atoms with Crippen LogP contribution < -0.4 is 0 Å². The maximum atomic E-state index is 4.32. The van der Waals surface area contributed by atoms with E-state index in [-0.39, 0.29) is 5.41 Å². The van der Waals surface area contributed by atoms with Crippen LogP contribution in [0, 0.1) is 6.92 Å². The second-order valence-corrected chi connectivity index (χ2v) is 26.8. The quantitative estimate of drug-likeness (QED) is 0.134. The average molecular weight is 1300 g/mol. The van der Waals surface area contributed by atoms with Crippen LogP contribution in [0.1, 0.15) is 31.9 Å². The molecule has 0 saturated heterocycles. The van der Waals surface area contributed by atoms with Crippen LogP contribution in [0.25, 0.3) is 165 Å². The van der Waals surface area contributed by atoms with Crippen LogP contribution in [-0.4, -0.2) is 29.9 Å². The normalized spacial score (nSPS) is 11.4. The van der Waals surface area contributed by atoms with Crippen molar-refractivity contribution >= 4 is 64.6 Å². The van der Waals surface area contributed by atoms with Crippen molar-refractivity contribution in [1.29, 1.82) is 0 Å². The van der Waals surface area contributed by atoms with Gasteiger partial charge in [0.15, 0.2) is 0 Å². The second-order valence-electron chi connectivity index (χ2n) is 26.8. The number of fused-ring (bicyclic) bond motifs is 6. The molecule has 0 aliphatic carbocycles. The van der Waals surface area contributed by atoms with Crippen LogP contribution in [0.5, 0.6) is 0 Å². The van der Waals surface area contributed by atoms with Gasteiger partial charge in [0.05, 0.1) is 0 Å². The number of rotatable bonds is 9. The van der Waals surface area contributed by atoms with Gasteiger partial charge in [0, 0.05) is 108 Å². The summed E-state index contributed by atoms with van der Waals surface area (Å²) in [5.74, 6) is 0. The van der Waals surface area contributed by atoms with Crippen LogP contribution in [0.3, 0.4) is 0 Å². The largest absolute Gasteiger partial charge is 0.264 e. The van der Waals surface area contributed by atoms with E-state index in [1.807, 2.05) is 111 Å². The van der Waals surface area contributed by atoms with Gasteiger partial charge in [0.2, 0.25) is 0 Å². The van der Waals surface area contributed by atoms with E-state index < -0.39 is 0 Å². The lowest BCUT2D eigenvalue weighted by Gasteiger charge is -2.20. The Labute approximate surface area is 588 Å². The Bertz CT molecular complexity index is 5720. The van der Waals surface area contributed by atoms with Gasteiger partial charge < -0.3 is 0 Å². The molecular formula is C95H70N6. The maximum Gasteiger partial charge on any atom is 0.0346 e. The molecule has 6 heterocycles. The molecule has 6 nitrogen and oxygen atoms in total. The molecule has 0 atom stereocenters. The van der Waals surface area contributed by atoms with Gasteiger partial charge in [0.1, 0.15) is 0 Å². The highest BCUT2D eigenvalue weighted by atomic mass is 14.6. The van der Waals surface area contributed by atoms with Crippen LogP contribution in [0.15, 0.2) is 353 Å². The molecule has 0 spiro atoms. The first-order valence-corrected chi connectivity index (χ1v) is 34.3. The van der Waals surface area contributed by atoms with Crippen LogP contribution in [0.4, 0.5) is 0 Å². The SMILES string of the molecule is CC(C)(C)c1ccc(-c2c3ccc(-c4cccnc4)cc3cc3cc(-c4cccnc4)ccc23)cc1.Cc1ccccc1-c1c2ccc(-c3cccnc3)cc2cc2cc(-c3cccnc3)ccc12.c1ccc(-c2c3ccc(-c4cccnc4)cc3cc3cc(-c4cccnc4)ccc23)cc1. The molecule has 12 aromatic carbocycles. The summed E-state index contributed by atoms with van der Waals surface area (Å²) in [6, 6.07) is 100. The monoisotopic (exact) mass is 1290 g/mol. The average Bonchev–Trinajstić information content (AvgIpc) is 0.761. The summed E-state index contributed by atoms with van der Waals surface area (Å²) >= 11 is 0. The summed E-state index contributed by atoms with van der Waals surface area (Å²) in [6.07, 6.45) is 22.4. The Kier molecular flexibility index (Phi) is 17.1. The third kappa shape index (κ3) is 13.0. The van der Waals surface area contributed by atoms with E-state index in [9.17, 15) is 0 Å². The minimum absolute atomic E-state index is 0.122. The molecule has 101 heavy (non-hydrogen) atoms. The number of benzene rings is 12. The van der Waals surface area contributed by atoms with E-state index in [4.69, 9.17) is 0 Å². The minimum atomic E-state index is 0.122. The third-order valence-corrected chi connectivity index (χ3v) is 19.3. The fourth-order valence-corrected chi connectivity index (χ4v) is 14.2. The predicted octanol–water partition coefficient (Wildman–Crippen LogP) is 25.0. The van der Waals surface area contributed by atoms with Gasteiger partial charge in [-0.05, 0) is 246 Å². The molecule has 6 heteroatoms. The molecule has 0 aliphatic rings.